The minimum absolute atomic E-state index is 0.0465. The maximum absolute atomic E-state index is 11.7. The highest BCUT2D eigenvalue weighted by Crippen LogP contribution is 2.33. The minimum Gasteiger partial charge on any atom is -0.466 e. The zero-order valence-corrected chi connectivity index (χ0v) is 15.6. The molecule has 1 aliphatic rings. The van der Waals surface area contributed by atoms with Crippen molar-refractivity contribution in [2.24, 2.45) is 11.8 Å². The van der Waals surface area contributed by atoms with Crippen LogP contribution >= 0.6 is 0 Å². The fraction of sp³-hybridized carbons (Fsp3) is 0.882. The van der Waals surface area contributed by atoms with E-state index in [2.05, 4.69) is 5.32 Å². The molecule has 0 aromatic carbocycles. The van der Waals surface area contributed by atoms with E-state index in [4.69, 9.17) is 9.47 Å². The highest BCUT2D eigenvalue weighted by molar-refractivity contribution is 5.69. The first kappa shape index (κ1) is 21.2. The Morgan fingerprint density at radius 1 is 1.24 bits per heavy atom. The Balaban J connectivity index is 2.46. The molecular formula is C17H30N2O6. The fourth-order valence-electron chi connectivity index (χ4n) is 3.15. The summed E-state index contributed by atoms with van der Waals surface area (Å²) in [5.41, 5.74) is -0.640. The van der Waals surface area contributed by atoms with Crippen molar-refractivity contribution in [1.82, 2.24) is 5.32 Å². The second-order valence-electron chi connectivity index (χ2n) is 7.53. The molecule has 0 heterocycles. The normalized spacial score (nSPS) is 21.9. The zero-order valence-electron chi connectivity index (χ0n) is 15.6. The van der Waals surface area contributed by atoms with Crippen LogP contribution in [-0.4, -0.2) is 41.8 Å². The summed E-state index contributed by atoms with van der Waals surface area (Å²) >= 11 is 0. The molecule has 0 aliphatic heterocycles. The summed E-state index contributed by atoms with van der Waals surface area (Å²) in [6, 6.07) is -0.837. The van der Waals surface area contributed by atoms with Crippen LogP contribution in [0.1, 0.15) is 59.8 Å². The molecule has 0 aromatic rings. The monoisotopic (exact) mass is 358 g/mol. The summed E-state index contributed by atoms with van der Waals surface area (Å²) in [4.78, 5) is 34.3. The van der Waals surface area contributed by atoms with E-state index in [9.17, 15) is 19.7 Å². The molecule has 1 fully saturated rings. The lowest BCUT2D eigenvalue weighted by atomic mass is 9.77. The predicted molar refractivity (Wildman–Crippen MR) is 91.7 cm³/mol. The van der Waals surface area contributed by atoms with Crippen LogP contribution in [0.15, 0.2) is 0 Å². The van der Waals surface area contributed by atoms with Crippen molar-refractivity contribution in [1.29, 1.82) is 0 Å². The molecule has 0 aromatic heterocycles. The van der Waals surface area contributed by atoms with E-state index in [0.29, 0.717) is 25.9 Å². The fourth-order valence-corrected chi connectivity index (χ4v) is 3.15. The topological polar surface area (TPSA) is 108 Å². The van der Waals surface area contributed by atoms with Gasteiger partial charge in [-0.1, -0.05) is 0 Å². The summed E-state index contributed by atoms with van der Waals surface area (Å²) in [7, 11) is 0. The molecule has 1 unspecified atom stereocenters. The average molecular weight is 358 g/mol. The van der Waals surface area contributed by atoms with Crippen molar-refractivity contribution in [3.05, 3.63) is 10.1 Å². The molecule has 144 valence electrons. The summed E-state index contributed by atoms with van der Waals surface area (Å²) in [5, 5.41) is 13.9. The molecular weight excluding hydrogens is 328 g/mol. The van der Waals surface area contributed by atoms with Gasteiger partial charge in [-0.25, -0.2) is 4.79 Å². The number of hydrogen-bond donors (Lipinski definition) is 1. The maximum atomic E-state index is 11.7. The highest BCUT2D eigenvalue weighted by Gasteiger charge is 2.36. The first-order valence-corrected chi connectivity index (χ1v) is 8.88. The minimum atomic E-state index is -0.837. The Labute approximate surface area is 148 Å². The Morgan fingerprint density at radius 2 is 1.84 bits per heavy atom. The quantitative estimate of drug-likeness (QED) is 0.426. The molecule has 0 radical (unpaired) electrons. The molecule has 0 bridgehead atoms. The van der Waals surface area contributed by atoms with Crippen molar-refractivity contribution in [2.45, 2.75) is 71.4 Å². The van der Waals surface area contributed by atoms with Gasteiger partial charge in [0.1, 0.15) is 5.60 Å². The number of carbonyl (C=O) groups is 2. The van der Waals surface area contributed by atoms with E-state index in [1.807, 2.05) is 0 Å². The van der Waals surface area contributed by atoms with Gasteiger partial charge in [0.15, 0.2) is 0 Å². The number of hydrogen-bond acceptors (Lipinski definition) is 6. The molecule has 8 nitrogen and oxygen atoms in total. The molecule has 1 amide bonds. The number of alkyl carbamates (subject to hydrolysis) is 1. The third kappa shape index (κ3) is 8.18. The number of carbonyl (C=O) groups excluding carboxylic acids is 2. The Morgan fingerprint density at radius 3 is 2.32 bits per heavy atom. The molecule has 8 heteroatoms. The van der Waals surface area contributed by atoms with Crippen LogP contribution in [0.5, 0.6) is 0 Å². The van der Waals surface area contributed by atoms with Gasteiger partial charge in [-0.3, -0.25) is 14.9 Å². The van der Waals surface area contributed by atoms with E-state index >= 15 is 0 Å². The van der Waals surface area contributed by atoms with Crippen molar-refractivity contribution >= 4 is 12.1 Å². The van der Waals surface area contributed by atoms with Gasteiger partial charge in [-0.15, -0.1) is 0 Å². The molecule has 1 rings (SSSR count). The first-order valence-electron chi connectivity index (χ1n) is 8.88. The first-order chi connectivity index (χ1) is 11.6. The molecule has 1 N–H and O–H groups in total. The second kappa shape index (κ2) is 9.58. The molecule has 1 saturated carbocycles. The Hall–Kier alpha value is -1.86. The lowest BCUT2D eigenvalue weighted by Gasteiger charge is -2.29. The average Bonchev–Trinajstić information content (AvgIpc) is 2.47. The predicted octanol–water partition coefficient (Wildman–Crippen LogP) is 2.92. The second-order valence-corrected chi connectivity index (χ2v) is 7.53. The van der Waals surface area contributed by atoms with Crippen molar-refractivity contribution in [3.63, 3.8) is 0 Å². The van der Waals surface area contributed by atoms with Gasteiger partial charge < -0.3 is 14.8 Å². The lowest BCUT2D eigenvalue weighted by Crippen LogP contribution is -2.44. The SMILES string of the molecule is CCOC(=O)CC1CCC(C(CNC(=O)OC(C)(C)C)[N+](=O)[O-])CC1. The van der Waals surface area contributed by atoms with Crippen LogP contribution in [0.2, 0.25) is 0 Å². The number of ether oxygens (including phenoxy) is 2. The molecule has 1 atom stereocenters. The van der Waals surface area contributed by atoms with E-state index in [1.165, 1.54) is 0 Å². The standard InChI is InChI=1S/C17H30N2O6/c1-5-24-15(20)10-12-6-8-13(9-7-12)14(19(22)23)11-18-16(21)25-17(2,3)4/h12-14H,5-11H2,1-4H3,(H,18,21). The Bertz CT molecular complexity index is 466. The number of nitrogens with zero attached hydrogens (tertiary/aromatic N) is 1. The largest absolute Gasteiger partial charge is 0.466 e. The highest BCUT2D eigenvalue weighted by atomic mass is 16.6. The number of nitrogens with one attached hydrogen (secondary N) is 1. The third-order valence-corrected chi connectivity index (χ3v) is 4.32. The lowest BCUT2D eigenvalue weighted by molar-refractivity contribution is -0.531. The van der Waals surface area contributed by atoms with Gasteiger partial charge in [0.25, 0.3) is 0 Å². The van der Waals surface area contributed by atoms with Crippen LogP contribution < -0.4 is 5.32 Å². The molecule has 0 spiro atoms. The van der Waals surface area contributed by atoms with Gasteiger partial charge in [0.05, 0.1) is 13.2 Å². The zero-order chi connectivity index (χ0) is 19.0. The van der Waals surface area contributed by atoms with E-state index in [-0.39, 0.29) is 29.3 Å². The maximum Gasteiger partial charge on any atom is 0.407 e. The van der Waals surface area contributed by atoms with Crippen molar-refractivity contribution < 1.29 is 24.0 Å². The van der Waals surface area contributed by atoms with Gasteiger partial charge >= 0.3 is 12.1 Å². The number of rotatable bonds is 7. The smallest absolute Gasteiger partial charge is 0.407 e. The third-order valence-electron chi connectivity index (χ3n) is 4.32. The number of nitro groups is 1. The van der Waals surface area contributed by atoms with Gasteiger partial charge in [0, 0.05) is 17.3 Å². The van der Waals surface area contributed by atoms with Gasteiger partial charge in [0.2, 0.25) is 6.04 Å². The number of amides is 1. The van der Waals surface area contributed by atoms with Crippen LogP contribution in [0, 0.1) is 22.0 Å². The molecule has 1 aliphatic carbocycles. The van der Waals surface area contributed by atoms with E-state index in [0.717, 1.165) is 12.8 Å². The summed E-state index contributed by atoms with van der Waals surface area (Å²) in [5.74, 6) is -0.0896. The van der Waals surface area contributed by atoms with E-state index < -0.39 is 17.7 Å². The van der Waals surface area contributed by atoms with Crippen LogP contribution in [-0.2, 0) is 14.3 Å². The summed E-state index contributed by atoms with van der Waals surface area (Å²) < 4.78 is 10.1. The van der Waals surface area contributed by atoms with Crippen LogP contribution in [0.25, 0.3) is 0 Å². The van der Waals surface area contributed by atoms with Crippen LogP contribution in [0.4, 0.5) is 4.79 Å². The Kier molecular flexibility index (Phi) is 8.12. The van der Waals surface area contributed by atoms with Crippen LogP contribution in [0.3, 0.4) is 0 Å². The molecule has 25 heavy (non-hydrogen) atoms. The number of esters is 1. The van der Waals surface area contributed by atoms with E-state index in [1.54, 1.807) is 27.7 Å². The van der Waals surface area contributed by atoms with Crippen molar-refractivity contribution in [3.8, 4) is 0 Å². The van der Waals surface area contributed by atoms with Gasteiger partial charge in [-0.05, 0) is 59.3 Å². The van der Waals surface area contributed by atoms with Gasteiger partial charge in [-0.2, -0.15) is 0 Å². The van der Waals surface area contributed by atoms with Crippen molar-refractivity contribution in [2.75, 3.05) is 13.2 Å². The summed E-state index contributed by atoms with van der Waals surface area (Å²) in [6.07, 6.45) is 2.60. The summed E-state index contributed by atoms with van der Waals surface area (Å²) in [6.45, 7) is 7.31. The molecule has 0 saturated heterocycles.